The first-order chi connectivity index (χ1) is 11.9. The number of likely N-dealkylation sites (tertiary alicyclic amines) is 1. The van der Waals surface area contributed by atoms with Crippen LogP contribution in [0, 0.1) is 17.8 Å². The second-order valence-corrected chi connectivity index (χ2v) is 7.05. The van der Waals surface area contributed by atoms with Gasteiger partial charge in [0.1, 0.15) is 6.29 Å². The number of nitrogens with one attached hydrogen (secondary N) is 1. The highest BCUT2D eigenvalue weighted by molar-refractivity contribution is 5.95. The van der Waals surface area contributed by atoms with Gasteiger partial charge in [0.05, 0.1) is 5.92 Å². The zero-order chi connectivity index (χ0) is 18.1. The zero-order valence-electron chi connectivity index (χ0n) is 14.3. The average Bonchev–Trinajstić information content (AvgIpc) is 3.12. The fourth-order valence-electron chi connectivity index (χ4n) is 3.37. The lowest BCUT2D eigenvalue weighted by atomic mass is 9.93. The normalized spacial score (nSPS) is 27.6. The number of rotatable bonds is 6. The Morgan fingerprint density at radius 3 is 2.36 bits per heavy atom. The van der Waals surface area contributed by atoms with Gasteiger partial charge in [-0.15, -0.1) is 0 Å². The molecule has 1 aliphatic carbocycles. The summed E-state index contributed by atoms with van der Waals surface area (Å²) in [4.78, 5) is 36.9. The lowest BCUT2D eigenvalue weighted by Crippen LogP contribution is -2.34. The number of carbonyl (C=O) groups excluding carboxylic acids is 3. The van der Waals surface area contributed by atoms with Crippen molar-refractivity contribution in [2.24, 2.45) is 23.5 Å². The van der Waals surface area contributed by atoms with Gasteiger partial charge in [-0.05, 0) is 24.5 Å². The number of aldehydes is 1. The molecule has 2 amide bonds. The molecule has 1 saturated carbocycles. The molecule has 3 N–H and O–H groups in total. The molecule has 132 valence electrons. The van der Waals surface area contributed by atoms with Crippen molar-refractivity contribution < 1.29 is 14.4 Å². The number of hydrogen-bond acceptors (Lipinski definition) is 4. The van der Waals surface area contributed by atoms with Crippen LogP contribution in [0.5, 0.6) is 0 Å². The van der Waals surface area contributed by atoms with Gasteiger partial charge in [-0.3, -0.25) is 14.4 Å². The molecule has 6 heteroatoms. The van der Waals surface area contributed by atoms with Gasteiger partial charge in [-0.2, -0.15) is 0 Å². The average molecular weight is 341 g/mol. The summed E-state index contributed by atoms with van der Waals surface area (Å²) >= 11 is 0. The van der Waals surface area contributed by atoms with Gasteiger partial charge in [0.15, 0.2) is 0 Å². The van der Waals surface area contributed by atoms with Crippen LogP contribution in [-0.4, -0.2) is 42.1 Å². The van der Waals surface area contributed by atoms with E-state index in [9.17, 15) is 14.4 Å². The number of carbonyl (C=O) groups is 3. The molecule has 0 spiro atoms. The van der Waals surface area contributed by atoms with Gasteiger partial charge in [0.25, 0.3) is 5.91 Å². The number of benzene rings is 1. The smallest absolute Gasteiger partial charge is 0.253 e. The van der Waals surface area contributed by atoms with Crippen molar-refractivity contribution in [1.29, 1.82) is 0 Å². The van der Waals surface area contributed by atoms with E-state index in [0.29, 0.717) is 29.6 Å². The predicted octanol–water partition coefficient (Wildman–Crippen LogP) is 1.18. The monoisotopic (exact) mass is 341 g/mol. The summed E-state index contributed by atoms with van der Waals surface area (Å²) in [6, 6.07) is 6.86. The largest absolute Gasteiger partial charge is 0.386 e. The van der Waals surface area contributed by atoms with E-state index < -0.39 is 11.8 Å². The molecule has 0 aromatic heterocycles. The highest BCUT2D eigenvalue weighted by Crippen LogP contribution is 2.34. The Labute approximate surface area is 147 Å². The molecule has 6 nitrogen and oxygen atoms in total. The van der Waals surface area contributed by atoms with E-state index in [-0.39, 0.29) is 18.4 Å². The maximum absolute atomic E-state index is 12.7. The Kier molecular flexibility index (Phi) is 4.61. The van der Waals surface area contributed by atoms with Crippen molar-refractivity contribution in [3.8, 4) is 0 Å². The number of nitrogens with zero attached hydrogens (tertiary/aromatic N) is 1. The van der Waals surface area contributed by atoms with Gasteiger partial charge in [0.2, 0.25) is 5.91 Å². The van der Waals surface area contributed by atoms with Crippen LogP contribution < -0.4 is 11.1 Å². The summed E-state index contributed by atoms with van der Waals surface area (Å²) in [6.07, 6.45) is 1.83. The highest BCUT2D eigenvalue weighted by atomic mass is 16.2. The van der Waals surface area contributed by atoms with Crippen LogP contribution in [0.1, 0.15) is 34.1 Å². The molecular formula is C19H23N3O3. The van der Waals surface area contributed by atoms with Gasteiger partial charge >= 0.3 is 0 Å². The summed E-state index contributed by atoms with van der Waals surface area (Å²) in [7, 11) is 0. The van der Waals surface area contributed by atoms with E-state index in [1.807, 2.05) is 0 Å². The van der Waals surface area contributed by atoms with Crippen LogP contribution in [0.25, 0.3) is 0 Å². The third kappa shape index (κ3) is 3.57. The van der Waals surface area contributed by atoms with Crippen LogP contribution >= 0.6 is 0 Å². The predicted molar refractivity (Wildman–Crippen MR) is 93.8 cm³/mol. The minimum absolute atomic E-state index is 0.168. The van der Waals surface area contributed by atoms with Crippen molar-refractivity contribution in [2.75, 3.05) is 13.1 Å². The highest BCUT2D eigenvalue weighted by Gasteiger charge is 2.42. The molecule has 1 heterocycles. The van der Waals surface area contributed by atoms with E-state index in [1.165, 1.54) is 0 Å². The van der Waals surface area contributed by atoms with Gasteiger partial charge in [-0.1, -0.05) is 25.6 Å². The Hall–Kier alpha value is -2.63. The summed E-state index contributed by atoms with van der Waals surface area (Å²) in [5.74, 6) is -0.586. The van der Waals surface area contributed by atoms with Crippen molar-refractivity contribution in [2.45, 2.75) is 19.4 Å². The first kappa shape index (κ1) is 17.2. The van der Waals surface area contributed by atoms with E-state index in [1.54, 1.807) is 29.2 Å². The van der Waals surface area contributed by atoms with E-state index in [2.05, 4.69) is 18.8 Å². The quantitative estimate of drug-likeness (QED) is 0.760. The molecule has 1 saturated heterocycles. The van der Waals surface area contributed by atoms with Crippen molar-refractivity contribution in [1.82, 2.24) is 10.2 Å². The minimum Gasteiger partial charge on any atom is -0.386 e. The van der Waals surface area contributed by atoms with Crippen molar-refractivity contribution >= 4 is 18.1 Å². The van der Waals surface area contributed by atoms with Crippen LogP contribution in [0.2, 0.25) is 0 Å². The Morgan fingerprint density at radius 1 is 1.24 bits per heavy atom. The molecule has 1 aliphatic heterocycles. The standard InChI is InChI=1S/C19H23N3O3/c1-11-7-17(11)21-12(2)15-8-22(9-16(15)18(20)24)19(25)14-5-3-13(10-23)4-6-14/h3-6,10-11,15-17,21H,2,7-9H2,1H3,(H2,20,24)/t11-,15-,16+,17-/m0/s1. The van der Waals surface area contributed by atoms with Crippen LogP contribution in [0.15, 0.2) is 36.5 Å². The van der Waals surface area contributed by atoms with Gasteiger partial charge in [0, 0.05) is 41.9 Å². The number of primary amides is 1. The molecule has 0 radical (unpaired) electrons. The number of amides is 2. The topological polar surface area (TPSA) is 92.5 Å². The fraction of sp³-hybridized carbons (Fsp3) is 0.421. The minimum atomic E-state index is -0.438. The summed E-state index contributed by atoms with van der Waals surface area (Å²) in [6.45, 7) is 6.93. The first-order valence-corrected chi connectivity index (χ1v) is 8.50. The molecule has 0 unspecified atom stereocenters. The maximum atomic E-state index is 12.7. The second-order valence-electron chi connectivity index (χ2n) is 7.05. The molecule has 25 heavy (non-hydrogen) atoms. The van der Waals surface area contributed by atoms with Crippen LogP contribution in [-0.2, 0) is 4.79 Å². The van der Waals surface area contributed by atoms with Crippen LogP contribution in [0.4, 0.5) is 0 Å². The Morgan fingerprint density at radius 2 is 1.84 bits per heavy atom. The number of nitrogens with two attached hydrogens (primary N) is 1. The summed E-state index contributed by atoms with van der Waals surface area (Å²) < 4.78 is 0. The third-order valence-electron chi connectivity index (χ3n) is 5.19. The molecular weight excluding hydrogens is 318 g/mol. The lowest BCUT2D eigenvalue weighted by Gasteiger charge is -2.20. The summed E-state index contributed by atoms with van der Waals surface area (Å²) in [5.41, 5.74) is 7.34. The van der Waals surface area contributed by atoms with E-state index in [4.69, 9.17) is 5.73 Å². The zero-order valence-corrected chi connectivity index (χ0v) is 14.3. The molecule has 2 fully saturated rings. The molecule has 2 aliphatic rings. The molecule has 3 rings (SSSR count). The SMILES string of the molecule is C=C(N[C@H]1C[C@@H]1C)[C@@H]1CN(C(=O)c2ccc(C=O)cc2)C[C@H]1C(N)=O. The Balaban J connectivity index is 1.71. The lowest BCUT2D eigenvalue weighted by molar-refractivity contribution is -0.122. The fourth-order valence-corrected chi connectivity index (χ4v) is 3.37. The Bertz CT molecular complexity index is 713. The third-order valence-corrected chi connectivity index (χ3v) is 5.19. The first-order valence-electron chi connectivity index (χ1n) is 8.50. The summed E-state index contributed by atoms with van der Waals surface area (Å²) in [5, 5.41) is 3.37. The van der Waals surface area contributed by atoms with E-state index in [0.717, 1.165) is 18.4 Å². The molecule has 0 bridgehead atoms. The van der Waals surface area contributed by atoms with Crippen LogP contribution in [0.3, 0.4) is 0 Å². The van der Waals surface area contributed by atoms with Crippen molar-refractivity contribution in [3.63, 3.8) is 0 Å². The second kappa shape index (κ2) is 6.70. The van der Waals surface area contributed by atoms with E-state index >= 15 is 0 Å². The molecule has 4 atom stereocenters. The van der Waals surface area contributed by atoms with Gasteiger partial charge in [-0.25, -0.2) is 0 Å². The molecule has 1 aromatic rings. The van der Waals surface area contributed by atoms with Crippen molar-refractivity contribution in [3.05, 3.63) is 47.7 Å². The van der Waals surface area contributed by atoms with Gasteiger partial charge < -0.3 is 16.0 Å². The maximum Gasteiger partial charge on any atom is 0.253 e. The number of hydrogen-bond donors (Lipinski definition) is 2. The molecule has 1 aromatic carbocycles.